The average molecular weight is 254 g/mol. The van der Waals surface area contributed by atoms with Crippen LogP contribution in [0.2, 0.25) is 0 Å². The average Bonchev–Trinajstić information content (AvgIpc) is 2.83. The highest BCUT2D eigenvalue weighted by atomic mass is 16.4. The van der Waals surface area contributed by atoms with Crippen LogP contribution in [0.15, 0.2) is 41.8 Å². The van der Waals surface area contributed by atoms with E-state index in [0.29, 0.717) is 17.6 Å². The SMILES string of the molecule is ON=Cc1cnc(NC2Cc3ccccc3C2)nc1. The van der Waals surface area contributed by atoms with Crippen LogP contribution >= 0.6 is 0 Å². The van der Waals surface area contributed by atoms with Gasteiger partial charge in [-0.1, -0.05) is 29.4 Å². The maximum atomic E-state index is 8.42. The molecule has 0 spiro atoms. The molecule has 0 saturated heterocycles. The molecule has 1 aromatic carbocycles. The molecule has 2 aromatic rings. The van der Waals surface area contributed by atoms with E-state index in [-0.39, 0.29) is 0 Å². The van der Waals surface area contributed by atoms with Gasteiger partial charge in [-0.15, -0.1) is 0 Å². The number of anilines is 1. The van der Waals surface area contributed by atoms with Crippen LogP contribution < -0.4 is 5.32 Å². The number of rotatable bonds is 3. The molecule has 0 atom stereocenters. The second kappa shape index (κ2) is 5.06. The molecule has 0 aliphatic heterocycles. The molecule has 96 valence electrons. The summed E-state index contributed by atoms with van der Waals surface area (Å²) in [5.41, 5.74) is 3.45. The summed E-state index contributed by atoms with van der Waals surface area (Å²) in [6, 6.07) is 8.81. The highest BCUT2D eigenvalue weighted by molar-refractivity contribution is 5.78. The number of benzene rings is 1. The van der Waals surface area contributed by atoms with Gasteiger partial charge in [-0.2, -0.15) is 0 Å². The minimum absolute atomic E-state index is 0.342. The lowest BCUT2D eigenvalue weighted by Gasteiger charge is -2.11. The molecule has 5 nitrogen and oxygen atoms in total. The van der Waals surface area contributed by atoms with Gasteiger partial charge in [0, 0.05) is 24.0 Å². The third kappa shape index (κ3) is 2.54. The monoisotopic (exact) mass is 254 g/mol. The van der Waals surface area contributed by atoms with Gasteiger partial charge in [0.25, 0.3) is 0 Å². The number of aromatic nitrogens is 2. The van der Waals surface area contributed by atoms with Crippen molar-refractivity contribution in [3.8, 4) is 0 Å². The van der Waals surface area contributed by atoms with Gasteiger partial charge in [-0.3, -0.25) is 0 Å². The molecule has 0 amide bonds. The Balaban J connectivity index is 1.67. The Morgan fingerprint density at radius 3 is 2.37 bits per heavy atom. The molecule has 0 unspecified atom stereocenters. The molecule has 1 aliphatic rings. The van der Waals surface area contributed by atoms with Crippen molar-refractivity contribution in [1.29, 1.82) is 0 Å². The number of nitrogens with one attached hydrogen (secondary N) is 1. The summed E-state index contributed by atoms with van der Waals surface area (Å²) in [6.45, 7) is 0. The summed E-state index contributed by atoms with van der Waals surface area (Å²) in [4.78, 5) is 8.40. The topological polar surface area (TPSA) is 70.4 Å². The second-order valence-corrected chi connectivity index (χ2v) is 4.60. The van der Waals surface area contributed by atoms with Crippen LogP contribution in [0.1, 0.15) is 16.7 Å². The summed E-state index contributed by atoms with van der Waals surface area (Å²) in [5.74, 6) is 0.605. The second-order valence-electron chi connectivity index (χ2n) is 4.60. The van der Waals surface area contributed by atoms with E-state index in [9.17, 15) is 0 Å². The van der Waals surface area contributed by atoms with E-state index in [2.05, 4.69) is 44.7 Å². The molecular formula is C14H14N4O. The first-order chi connectivity index (χ1) is 9.35. The Bertz CT molecular complexity index is 570. The standard InChI is InChI=1S/C14H14N4O/c19-17-9-10-7-15-14(16-8-10)18-13-5-11-3-1-2-4-12(11)6-13/h1-4,7-9,13,19H,5-6H2,(H,15,16,18). The minimum atomic E-state index is 0.342. The Hall–Kier alpha value is -2.43. The number of fused-ring (bicyclic) bond motifs is 1. The molecule has 1 heterocycles. The van der Waals surface area contributed by atoms with Gasteiger partial charge in [-0.05, 0) is 24.0 Å². The van der Waals surface area contributed by atoms with Crippen LogP contribution in [0.5, 0.6) is 0 Å². The van der Waals surface area contributed by atoms with Crippen molar-refractivity contribution in [1.82, 2.24) is 9.97 Å². The van der Waals surface area contributed by atoms with E-state index in [1.165, 1.54) is 17.3 Å². The molecule has 2 N–H and O–H groups in total. The van der Waals surface area contributed by atoms with Crippen molar-refractivity contribution in [2.24, 2.45) is 5.16 Å². The van der Waals surface area contributed by atoms with E-state index < -0.39 is 0 Å². The van der Waals surface area contributed by atoms with Crippen molar-refractivity contribution in [2.75, 3.05) is 5.32 Å². The summed E-state index contributed by atoms with van der Waals surface area (Å²) in [5, 5.41) is 14.7. The van der Waals surface area contributed by atoms with Gasteiger partial charge in [-0.25, -0.2) is 9.97 Å². The largest absolute Gasteiger partial charge is 0.411 e. The normalized spacial score (nSPS) is 14.7. The minimum Gasteiger partial charge on any atom is -0.411 e. The van der Waals surface area contributed by atoms with E-state index in [4.69, 9.17) is 5.21 Å². The van der Waals surface area contributed by atoms with Crippen LogP contribution in [0.3, 0.4) is 0 Å². The molecule has 0 radical (unpaired) electrons. The van der Waals surface area contributed by atoms with E-state index in [1.807, 2.05) is 0 Å². The van der Waals surface area contributed by atoms with Gasteiger partial charge >= 0.3 is 0 Å². The maximum absolute atomic E-state index is 8.42. The quantitative estimate of drug-likeness (QED) is 0.498. The first-order valence-corrected chi connectivity index (χ1v) is 6.18. The fourth-order valence-electron chi connectivity index (χ4n) is 2.39. The molecule has 19 heavy (non-hydrogen) atoms. The summed E-state index contributed by atoms with van der Waals surface area (Å²) >= 11 is 0. The van der Waals surface area contributed by atoms with Crippen molar-refractivity contribution in [3.05, 3.63) is 53.3 Å². The summed E-state index contributed by atoms with van der Waals surface area (Å²) in [6.07, 6.45) is 6.54. The fraction of sp³-hybridized carbons (Fsp3) is 0.214. The number of nitrogens with zero attached hydrogens (tertiary/aromatic N) is 3. The predicted molar refractivity (Wildman–Crippen MR) is 72.7 cm³/mol. The molecule has 5 heteroatoms. The number of hydrogen-bond donors (Lipinski definition) is 2. The van der Waals surface area contributed by atoms with Crippen LogP contribution in [0.25, 0.3) is 0 Å². The smallest absolute Gasteiger partial charge is 0.222 e. The van der Waals surface area contributed by atoms with Crippen molar-refractivity contribution in [2.45, 2.75) is 18.9 Å². The number of oxime groups is 1. The number of hydrogen-bond acceptors (Lipinski definition) is 5. The van der Waals surface area contributed by atoms with Crippen molar-refractivity contribution in [3.63, 3.8) is 0 Å². The van der Waals surface area contributed by atoms with Crippen molar-refractivity contribution < 1.29 is 5.21 Å². The summed E-state index contributed by atoms with van der Waals surface area (Å²) in [7, 11) is 0. The highest BCUT2D eigenvalue weighted by Crippen LogP contribution is 2.23. The van der Waals surface area contributed by atoms with Crippen molar-refractivity contribution >= 4 is 12.2 Å². The van der Waals surface area contributed by atoms with Crippen LogP contribution in [-0.4, -0.2) is 27.4 Å². The highest BCUT2D eigenvalue weighted by Gasteiger charge is 2.21. The van der Waals surface area contributed by atoms with Gasteiger partial charge < -0.3 is 10.5 Å². The fourth-order valence-corrected chi connectivity index (χ4v) is 2.39. The third-order valence-corrected chi connectivity index (χ3v) is 3.26. The zero-order valence-corrected chi connectivity index (χ0v) is 10.3. The molecule has 0 saturated carbocycles. The molecule has 0 fully saturated rings. The molecule has 3 rings (SSSR count). The maximum Gasteiger partial charge on any atom is 0.222 e. The van der Waals surface area contributed by atoms with Gasteiger partial charge in [0.05, 0.1) is 6.21 Å². The molecule has 0 bridgehead atoms. The zero-order chi connectivity index (χ0) is 13.1. The van der Waals surface area contributed by atoms with Gasteiger partial charge in [0.1, 0.15) is 0 Å². The Kier molecular flexibility index (Phi) is 3.10. The van der Waals surface area contributed by atoms with Gasteiger partial charge in [0.15, 0.2) is 0 Å². The lowest BCUT2D eigenvalue weighted by molar-refractivity contribution is 0.322. The zero-order valence-electron chi connectivity index (χ0n) is 10.3. The lowest BCUT2D eigenvalue weighted by atomic mass is 10.1. The summed E-state index contributed by atoms with van der Waals surface area (Å²) < 4.78 is 0. The van der Waals surface area contributed by atoms with Crippen LogP contribution in [0.4, 0.5) is 5.95 Å². The third-order valence-electron chi connectivity index (χ3n) is 3.26. The molecular weight excluding hydrogens is 240 g/mol. The first-order valence-electron chi connectivity index (χ1n) is 6.18. The Morgan fingerprint density at radius 1 is 1.16 bits per heavy atom. The van der Waals surface area contributed by atoms with E-state index >= 15 is 0 Å². The van der Waals surface area contributed by atoms with E-state index in [1.54, 1.807) is 12.4 Å². The van der Waals surface area contributed by atoms with Crippen LogP contribution in [0, 0.1) is 0 Å². The molecule has 1 aromatic heterocycles. The first kappa shape index (κ1) is 11.6. The Labute approximate surface area is 111 Å². The Morgan fingerprint density at radius 2 is 1.79 bits per heavy atom. The lowest BCUT2D eigenvalue weighted by Crippen LogP contribution is -2.21. The van der Waals surface area contributed by atoms with Gasteiger partial charge in [0.2, 0.25) is 5.95 Å². The van der Waals surface area contributed by atoms with Crippen LogP contribution in [-0.2, 0) is 12.8 Å². The predicted octanol–water partition coefficient (Wildman–Crippen LogP) is 1.86. The van der Waals surface area contributed by atoms with E-state index in [0.717, 1.165) is 12.8 Å². The molecule has 1 aliphatic carbocycles.